The molecule has 1 saturated heterocycles. The van der Waals surface area contributed by atoms with Crippen molar-refractivity contribution in [2.75, 3.05) is 13.1 Å². The molecule has 3 aromatic rings. The molecule has 156 valence electrons. The molecule has 0 radical (unpaired) electrons. The fourth-order valence-electron chi connectivity index (χ4n) is 3.84. The van der Waals surface area contributed by atoms with Gasteiger partial charge in [0.05, 0.1) is 17.8 Å². The molecule has 4 rings (SSSR count). The molecule has 1 aliphatic rings. The Morgan fingerprint density at radius 2 is 1.77 bits per heavy atom. The zero-order chi connectivity index (χ0) is 20.6. The molecule has 5 nitrogen and oxygen atoms in total. The number of hydrogen-bond acceptors (Lipinski definition) is 5. The van der Waals surface area contributed by atoms with Gasteiger partial charge >= 0.3 is 0 Å². The molecule has 1 aromatic carbocycles. The first-order valence-corrected chi connectivity index (χ1v) is 11.6. The smallest absolute Gasteiger partial charge is 0.226 e. The monoisotopic (exact) mass is 420 g/mol. The summed E-state index contributed by atoms with van der Waals surface area (Å²) in [7, 11) is 0. The molecule has 1 amide bonds. The number of nitrogens with one attached hydrogen (secondary N) is 1. The number of nitrogens with zero attached hydrogens (tertiary/aromatic N) is 3. The number of thiazole rings is 1. The van der Waals surface area contributed by atoms with Gasteiger partial charge in [-0.2, -0.15) is 0 Å². The van der Waals surface area contributed by atoms with Crippen molar-refractivity contribution in [1.82, 2.24) is 20.2 Å². The quantitative estimate of drug-likeness (QED) is 0.614. The van der Waals surface area contributed by atoms with Gasteiger partial charge < -0.3 is 5.32 Å². The molecule has 6 heteroatoms. The minimum Gasteiger partial charge on any atom is -0.352 e. The van der Waals surface area contributed by atoms with E-state index in [1.165, 1.54) is 61.2 Å². The second-order valence-electron chi connectivity index (χ2n) is 7.77. The van der Waals surface area contributed by atoms with Crippen LogP contribution in [-0.4, -0.2) is 33.9 Å². The first-order chi connectivity index (χ1) is 14.8. The summed E-state index contributed by atoms with van der Waals surface area (Å²) in [5.74, 6) is -0.00236. The van der Waals surface area contributed by atoms with E-state index in [1.807, 2.05) is 29.6 Å². The van der Waals surface area contributed by atoms with Crippen LogP contribution in [0.5, 0.6) is 0 Å². The highest BCUT2D eigenvalue weighted by Gasteiger charge is 2.13. The van der Waals surface area contributed by atoms with Crippen LogP contribution in [0.4, 0.5) is 0 Å². The van der Waals surface area contributed by atoms with E-state index in [2.05, 4.69) is 38.4 Å². The molecule has 1 fully saturated rings. The SMILES string of the molecule is O=C(Cc1csc(-c2ccccn2)n1)NCc1ccccc1CN1CCCCCC1. The van der Waals surface area contributed by atoms with Crippen LogP contribution in [0.3, 0.4) is 0 Å². The van der Waals surface area contributed by atoms with Crippen molar-refractivity contribution in [2.45, 2.75) is 45.2 Å². The third-order valence-corrected chi connectivity index (χ3v) is 6.38. The zero-order valence-corrected chi connectivity index (χ0v) is 18.0. The van der Waals surface area contributed by atoms with Gasteiger partial charge in [-0.1, -0.05) is 43.2 Å². The Labute approximate surface area is 182 Å². The van der Waals surface area contributed by atoms with Gasteiger partial charge in [-0.3, -0.25) is 14.7 Å². The summed E-state index contributed by atoms with van der Waals surface area (Å²) in [4.78, 5) is 23.9. The molecule has 30 heavy (non-hydrogen) atoms. The summed E-state index contributed by atoms with van der Waals surface area (Å²) >= 11 is 1.52. The van der Waals surface area contributed by atoms with E-state index in [0.717, 1.165) is 22.9 Å². The fourth-order valence-corrected chi connectivity index (χ4v) is 4.63. The Hall–Kier alpha value is -2.57. The molecule has 0 unspecified atom stereocenters. The predicted octanol–water partition coefficient (Wildman–Crippen LogP) is 4.44. The summed E-state index contributed by atoms with van der Waals surface area (Å²) < 4.78 is 0. The van der Waals surface area contributed by atoms with Crippen LogP contribution in [0.1, 0.15) is 42.5 Å². The fraction of sp³-hybridized carbons (Fsp3) is 0.375. The Bertz CT molecular complexity index is 949. The number of carbonyl (C=O) groups excluding carboxylic acids is 1. The number of rotatable bonds is 7. The molecule has 0 aliphatic carbocycles. The third kappa shape index (κ3) is 5.74. The van der Waals surface area contributed by atoms with Crippen LogP contribution in [0, 0.1) is 0 Å². The highest BCUT2D eigenvalue weighted by atomic mass is 32.1. The molecule has 0 spiro atoms. The normalized spacial score (nSPS) is 14.9. The van der Waals surface area contributed by atoms with Crippen molar-refractivity contribution in [2.24, 2.45) is 0 Å². The molecule has 0 saturated carbocycles. The van der Waals surface area contributed by atoms with Crippen molar-refractivity contribution < 1.29 is 4.79 Å². The average Bonchev–Trinajstić information content (AvgIpc) is 3.09. The second-order valence-corrected chi connectivity index (χ2v) is 8.63. The summed E-state index contributed by atoms with van der Waals surface area (Å²) in [6.07, 6.45) is 7.30. The van der Waals surface area contributed by atoms with Crippen LogP contribution in [0.2, 0.25) is 0 Å². The first kappa shape index (κ1) is 20.7. The lowest BCUT2D eigenvalue weighted by atomic mass is 10.1. The second kappa shape index (κ2) is 10.5. The van der Waals surface area contributed by atoms with E-state index in [9.17, 15) is 4.79 Å². The summed E-state index contributed by atoms with van der Waals surface area (Å²) in [6.45, 7) is 3.86. The van der Waals surface area contributed by atoms with Gasteiger partial charge in [-0.15, -0.1) is 11.3 Å². The van der Waals surface area contributed by atoms with E-state index >= 15 is 0 Å². The molecular weight excluding hydrogens is 392 g/mol. The van der Waals surface area contributed by atoms with E-state index in [0.29, 0.717) is 6.54 Å². The Kier molecular flexibility index (Phi) is 7.21. The van der Waals surface area contributed by atoms with Crippen LogP contribution in [-0.2, 0) is 24.3 Å². The lowest BCUT2D eigenvalue weighted by molar-refractivity contribution is -0.120. The van der Waals surface area contributed by atoms with Gasteiger partial charge in [0, 0.05) is 24.7 Å². The molecule has 0 atom stereocenters. The maximum atomic E-state index is 12.5. The molecule has 1 aliphatic heterocycles. The van der Waals surface area contributed by atoms with Gasteiger partial charge in [-0.05, 0) is 49.2 Å². The Morgan fingerprint density at radius 1 is 1.00 bits per heavy atom. The highest BCUT2D eigenvalue weighted by Crippen LogP contribution is 2.21. The van der Waals surface area contributed by atoms with E-state index in [4.69, 9.17) is 0 Å². The number of benzene rings is 1. The van der Waals surface area contributed by atoms with Crippen LogP contribution < -0.4 is 5.32 Å². The van der Waals surface area contributed by atoms with Crippen LogP contribution in [0.25, 0.3) is 10.7 Å². The molecule has 3 heterocycles. The lowest BCUT2D eigenvalue weighted by Crippen LogP contribution is -2.27. The van der Waals surface area contributed by atoms with Crippen LogP contribution >= 0.6 is 11.3 Å². The van der Waals surface area contributed by atoms with Crippen molar-refractivity contribution in [3.8, 4) is 10.7 Å². The lowest BCUT2D eigenvalue weighted by Gasteiger charge is -2.21. The maximum Gasteiger partial charge on any atom is 0.226 e. The van der Waals surface area contributed by atoms with Gasteiger partial charge in [0.15, 0.2) is 0 Å². The third-order valence-electron chi connectivity index (χ3n) is 5.46. The molecule has 2 aromatic heterocycles. The number of hydrogen-bond donors (Lipinski definition) is 1. The minimum absolute atomic E-state index is 0.00236. The summed E-state index contributed by atoms with van der Waals surface area (Å²) in [5.41, 5.74) is 4.14. The first-order valence-electron chi connectivity index (χ1n) is 10.7. The molecule has 0 bridgehead atoms. The Balaban J connectivity index is 1.32. The van der Waals surface area contributed by atoms with Crippen molar-refractivity contribution >= 4 is 17.2 Å². The standard InChI is InChI=1S/C24H28N4OS/c29-23(15-21-18-30-24(27-21)22-11-5-6-12-25-22)26-16-19-9-3-4-10-20(19)17-28-13-7-1-2-8-14-28/h3-6,9-12,18H,1-2,7-8,13-17H2,(H,26,29). The highest BCUT2D eigenvalue weighted by molar-refractivity contribution is 7.13. The molecular formula is C24H28N4OS. The number of likely N-dealkylation sites (tertiary alicyclic amines) is 1. The van der Waals surface area contributed by atoms with Gasteiger partial charge in [0.25, 0.3) is 0 Å². The van der Waals surface area contributed by atoms with Crippen molar-refractivity contribution in [3.63, 3.8) is 0 Å². The van der Waals surface area contributed by atoms with E-state index in [1.54, 1.807) is 6.20 Å². The number of pyridine rings is 1. The predicted molar refractivity (Wildman–Crippen MR) is 121 cm³/mol. The molecule has 1 N–H and O–H groups in total. The maximum absolute atomic E-state index is 12.5. The summed E-state index contributed by atoms with van der Waals surface area (Å²) in [5, 5.41) is 5.87. The van der Waals surface area contributed by atoms with Gasteiger partial charge in [0.1, 0.15) is 5.01 Å². The largest absolute Gasteiger partial charge is 0.352 e. The van der Waals surface area contributed by atoms with Gasteiger partial charge in [-0.25, -0.2) is 4.98 Å². The number of amides is 1. The Morgan fingerprint density at radius 3 is 2.53 bits per heavy atom. The zero-order valence-electron chi connectivity index (χ0n) is 17.2. The van der Waals surface area contributed by atoms with Crippen molar-refractivity contribution in [3.05, 3.63) is 70.9 Å². The topological polar surface area (TPSA) is 58.1 Å². The number of aromatic nitrogens is 2. The number of carbonyl (C=O) groups is 1. The van der Waals surface area contributed by atoms with Gasteiger partial charge in [0.2, 0.25) is 5.91 Å². The van der Waals surface area contributed by atoms with E-state index < -0.39 is 0 Å². The van der Waals surface area contributed by atoms with Crippen LogP contribution in [0.15, 0.2) is 54.0 Å². The van der Waals surface area contributed by atoms with E-state index in [-0.39, 0.29) is 12.3 Å². The summed E-state index contributed by atoms with van der Waals surface area (Å²) in [6, 6.07) is 14.2. The minimum atomic E-state index is -0.00236. The van der Waals surface area contributed by atoms with Crippen molar-refractivity contribution in [1.29, 1.82) is 0 Å². The average molecular weight is 421 g/mol.